The molecule has 0 aromatic heterocycles. The zero-order valence-electron chi connectivity index (χ0n) is 11.2. The maximum Gasteiger partial charge on any atom is 0.345 e. The molecule has 0 radical (unpaired) electrons. The average molecular weight is 277 g/mol. The minimum Gasteiger partial charge on any atom is -0.465 e. The predicted molar refractivity (Wildman–Crippen MR) is 70.8 cm³/mol. The molecule has 0 amide bonds. The summed E-state index contributed by atoms with van der Waals surface area (Å²) in [6, 6.07) is 6.58. The molecule has 0 aliphatic heterocycles. The molecule has 0 bridgehead atoms. The molecule has 6 nitrogen and oxygen atoms in total. The number of esters is 2. The lowest BCUT2D eigenvalue weighted by atomic mass is 10.0. The number of carbonyl (C=O) groups is 3. The Balaban J connectivity index is 3.12. The molecule has 106 valence electrons. The molecule has 20 heavy (non-hydrogen) atoms. The summed E-state index contributed by atoms with van der Waals surface area (Å²) in [5, 5.41) is 0. The van der Waals surface area contributed by atoms with Gasteiger partial charge in [-0.1, -0.05) is 18.2 Å². The number of hydrogen-bond donors (Lipinski definition) is 1. The van der Waals surface area contributed by atoms with Crippen LogP contribution in [-0.4, -0.2) is 31.9 Å². The maximum atomic E-state index is 12.0. The summed E-state index contributed by atoms with van der Waals surface area (Å²) in [5.41, 5.74) is 6.11. The van der Waals surface area contributed by atoms with Gasteiger partial charge in [0, 0.05) is 18.2 Å². The van der Waals surface area contributed by atoms with Gasteiger partial charge in [-0.25, -0.2) is 9.59 Å². The van der Waals surface area contributed by atoms with Crippen LogP contribution >= 0.6 is 0 Å². The van der Waals surface area contributed by atoms with E-state index >= 15 is 0 Å². The molecule has 1 aromatic rings. The van der Waals surface area contributed by atoms with Crippen LogP contribution in [0.2, 0.25) is 0 Å². The summed E-state index contributed by atoms with van der Waals surface area (Å²) in [4.78, 5) is 34.9. The SMILES string of the molecule is COC(=O)C(=CC(=O)c1cccc(CN)c1)C(=O)OC. The van der Waals surface area contributed by atoms with Gasteiger partial charge in [0.2, 0.25) is 0 Å². The zero-order valence-corrected chi connectivity index (χ0v) is 11.2. The van der Waals surface area contributed by atoms with Crippen molar-refractivity contribution in [1.29, 1.82) is 0 Å². The molecule has 0 aliphatic rings. The Morgan fingerprint density at radius 2 is 1.75 bits per heavy atom. The third-order valence-electron chi connectivity index (χ3n) is 2.53. The Hall–Kier alpha value is -2.47. The third-order valence-corrected chi connectivity index (χ3v) is 2.53. The first-order valence-electron chi connectivity index (χ1n) is 5.75. The van der Waals surface area contributed by atoms with Gasteiger partial charge in [-0.3, -0.25) is 4.79 Å². The molecular weight excluding hydrogens is 262 g/mol. The fraction of sp³-hybridized carbons (Fsp3) is 0.214. The highest BCUT2D eigenvalue weighted by atomic mass is 16.5. The van der Waals surface area contributed by atoms with Crippen molar-refractivity contribution in [2.75, 3.05) is 14.2 Å². The van der Waals surface area contributed by atoms with Gasteiger partial charge < -0.3 is 15.2 Å². The first kappa shape index (κ1) is 15.6. The van der Waals surface area contributed by atoms with E-state index in [2.05, 4.69) is 9.47 Å². The molecule has 6 heteroatoms. The van der Waals surface area contributed by atoms with E-state index in [1.807, 2.05) is 0 Å². The van der Waals surface area contributed by atoms with Crippen molar-refractivity contribution >= 4 is 17.7 Å². The molecule has 0 aliphatic carbocycles. The Morgan fingerprint density at radius 3 is 2.25 bits per heavy atom. The van der Waals surface area contributed by atoms with Crippen molar-refractivity contribution in [2.24, 2.45) is 5.73 Å². The van der Waals surface area contributed by atoms with Crippen molar-refractivity contribution < 1.29 is 23.9 Å². The number of carbonyl (C=O) groups excluding carboxylic acids is 3. The molecule has 0 saturated carbocycles. The summed E-state index contributed by atoms with van der Waals surface area (Å²) in [6.45, 7) is 0.283. The number of nitrogens with two attached hydrogens (primary N) is 1. The highest BCUT2D eigenvalue weighted by molar-refractivity contribution is 6.20. The number of ether oxygens (including phenoxy) is 2. The second-order valence-electron chi connectivity index (χ2n) is 3.81. The van der Waals surface area contributed by atoms with E-state index in [4.69, 9.17) is 5.73 Å². The summed E-state index contributed by atoms with van der Waals surface area (Å²) >= 11 is 0. The summed E-state index contributed by atoms with van der Waals surface area (Å²) < 4.78 is 8.87. The zero-order chi connectivity index (χ0) is 15.1. The number of methoxy groups -OCH3 is 2. The van der Waals surface area contributed by atoms with Crippen molar-refractivity contribution in [3.63, 3.8) is 0 Å². The van der Waals surface area contributed by atoms with E-state index in [-0.39, 0.29) is 6.54 Å². The first-order chi connectivity index (χ1) is 9.53. The van der Waals surface area contributed by atoms with Crippen LogP contribution in [-0.2, 0) is 25.6 Å². The van der Waals surface area contributed by atoms with Crippen molar-refractivity contribution in [3.8, 4) is 0 Å². The minimum atomic E-state index is -0.930. The van der Waals surface area contributed by atoms with Crippen LogP contribution in [0.25, 0.3) is 0 Å². The monoisotopic (exact) mass is 277 g/mol. The quantitative estimate of drug-likeness (QED) is 0.278. The van der Waals surface area contributed by atoms with Crippen LogP contribution in [0, 0.1) is 0 Å². The largest absolute Gasteiger partial charge is 0.465 e. The normalized spacial score (nSPS) is 9.55. The van der Waals surface area contributed by atoms with Gasteiger partial charge in [-0.2, -0.15) is 0 Å². The van der Waals surface area contributed by atoms with E-state index < -0.39 is 23.3 Å². The number of rotatable bonds is 5. The molecule has 0 heterocycles. The Labute approximate surface area is 116 Å². The summed E-state index contributed by atoms with van der Waals surface area (Å²) in [6.07, 6.45) is 0.896. The van der Waals surface area contributed by atoms with Gasteiger partial charge in [-0.05, 0) is 11.6 Å². The minimum absolute atomic E-state index is 0.283. The highest BCUT2D eigenvalue weighted by Crippen LogP contribution is 2.09. The van der Waals surface area contributed by atoms with Gasteiger partial charge in [0.1, 0.15) is 5.57 Å². The molecule has 1 rings (SSSR count). The van der Waals surface area contributed by atoms with Gasteiger partial charge in [0.05, 0.1) is 14.2 Å². The average Bonchev–Trinajstić information content (AvgIpc) is 2.50. The van der Waals surface area contributed by atoms with Gasteiger partial charge in [-0.15, -0.1) is 0 Å². The lowest BCUT2D eigenvalue weighted by Gasteiger charge is -2.04. The number of benzene rings is 1. The smallest absolute Gasteiger partial charge is 0.345 e. The van der Waals surface area contributed by atoms with Crippen LogP contribution in [0.3, 0.4) is 0 Å². The van der Waals surface area contributed by atoms with E-state index in [1.165, 1.54) is 0 Å². The van der Waals surface area contributed by atoms with Crippen LogP contribution in [0.4, 0.5) is 0 Å². The molecule has 1 aromatic carbocycles. The van der Waals surface area contributed by atoms with E-state index in [0.717, 1.165) is 25.9 Å². The number of ketones is 1. The Kier molecular flexibility index (Phi) is 5.61. The number of hydrogen-bond acceptors (Lipinski definition) is 6. The number of allylic oxidation sites excluding steroid dienone is 1. The third kappa shape index (κ3) is 3.76. The maximum absolute atomic E-state index is 12.0. The molecule has 0 spiro atoms. The van der Waals surface area contributed by atoms with E-state index in [9.17, 15) is 14.4 Å². The van der Waals surface area contributed by atoms with Crippen molar-refractivity contribution in [1.82, 2.24) is 0 Å². The fourth-order valence-electron chi connectivity index (χ4n) is 1.49. The molecule has 0 fully saturated rings. The molecule has 0 unspecified atom stereocenters. The van der Waals surface area contributed by atoms with Gasteiger partial charge in [0.25, 0.3) is 0 Å². The second kappa shape index (κ2) is 7.20. The van der Waals surface area contributed by atoms with Crippen LogP contribution in [0.5, 0.6) is 0 Å². The van der Waals surface area contributed by atoms with Gasteiger partial charge >= 0.3 is 11.9 Å². The fourth-order valence-corrected chi connectivity index (χ4v) is 1.49. The standard InChI is InChI=1S/C14H15NO5/c1-19-13(17)11(14(18)20-2)7-12(16)10-5-3-4-9(6-10)8-15/h3-7H,8,15H2,1-2H3. The first-order valence-corrected chi connectivity index (χ1v) is 5.75. The Morgan fingerprint density at radius 1 is 1.15 bits per heavy atom. The lowest BCUT2D eigenvalue weighted by Crippen LogP contribution is -2.17. The van der Waals surface area contributed by atoms with Crippen LogP contribution in [0.1, 0.15) is 15.9 Å². The second-order valence-corrected chi connectivity index (χ2v) is 3.81. The highest BCUT2D eigenvalue weighted by Gasteiger charge is 2.21. The molecule has 0 atom stereocenters. The summed E-state index contributed by atoms with van der Waals surface area (Å²) in [5.74, 6) is -2.37. The Bertz CT molecular complexity index is 544. The van der Waals surface area contributed by atoms with E-state index in [0.29, 0.717) is 5.56 Å². The predicted octanol–water partition coefficient (Wildman–Crippen LogP) is 0.600. The lowest BCUT2D eigenvalue weighted by molar-refractivity contribution is -0.144. The summed E-state index contributed by atoms with van der Waals surface area (Å²) in [7, 11) is 2.22. The molecule has 0 saturated heterocycles. The van der Waals surface area contributed by atoms with E-state index in [1.54, 1.807) is 24.3 Å². The molecular formula is C14H15NO5. The molecule has 2 N–H and O–H groups in total. The topological polar surface area (TPSA) is 95.7 Å². The van der Waals surface area contributed by atoms with Crippen molar-refractivity contribution in [3.05, 3.63) is 47.0 Å². The van der Waals surface area contributed by atoms with Crippen LogP contribution in [0.15, 0.2) is 35.9 Å². The van der Waals surface area contributed by atoms with Gasteiger partial charge in [0.15, 0.2) is 5.78 Å². The van der Waals surface area contributed by atoms with Crippen LogP contribution < -0.4 is 5.73 Å². The van der Waals surface area contributed by atoms with Crippen molar-refractivity contribution in [2.45, 2.75) is 6.54 Å².